The Kier molecular flexibility index (Phi) is 9.68. The third-order valence-corrected chi connectivity index (χ3v) is 4.36. The van der Waals surface area contributed by atoms with Gasteiger partial charge in [0.15, 0.2) is 11.5 Å². The number of ether oxygens (including phenoxy) is 2. The molecule has 25 heavy (non-hydrogen) atoms. The van der Waals surface area contributed by atoms with Crippen molar-refractivity contribution in [2.75, 3.05) is 26.3 Å². The summed E-state index contributed by atoms with van der Waals surface area (Å²) in [5.74, 6) is 1.73. The van der Waals surface area contributed by atoms with Crippen LogP contribution in [0.4, 0.5) is 0 Å². The number of rotatable bonds is 8. The summed E-state index contributed by atoms with van der Waals surface area (Å²) in [5.41, 5.74) is 0.618. The Morgan fingerprint density at radius 3 is 2.76 bits per heavy atom. The molecule has 0 aliphatic carbocycles. The van der Waals surface area contributed by atoms with E-state index in [9.17, 15) is 4.79 Å². The first kappa shape index (κ1) is 21.6. The maximum absolute atomic E-state index is 12.6. The molecule has 0 spiro atoms. The molecular formula is C19H31ClN2O3. The number of hydrogen-bond acceptors (Lipinski definition) is 4. The quantitative estimate of drug-likeness (QED) is 0.688. The highest BCUT2D eigenvalue weighted by Crippen LogP contribution is 2.29. The Labute approximate surface area is 157 Å². The van der Waals surface area contributed by atoms with Crippen LogP contribution in [0, 0.1) is 5.92 Å². The van der Waals surface area contributed by atoms with Gasteiger partial charge in [-0.25, -0.2) is 0 Å². The van der Waals surface area contributed by atoms with E-state index in [0.717, 1.165) is 32.4 Å². The Hall–Kier alpha value is -1.46. The van der Waals surface area contributed by atoms with Crippen LogP contribution in [-0.4, -0.2) is 38.3 Å². The van der Waals surface area contributed by atoms with Crippen molar-refractivity contribution in [1.82, 2.24) is 10.6 Å². The van der Waals surface area contributed by atoms with E-state index in [1.807, 2.05) is 19.1 Å². The monoisotopic (exact) mass is 370 g/mol. The minimum absolute atomic E-state index is 0. The molecule has 142 valence electrons. The summed E-state index contributed by atoms with van der Waals surface area (Å²) < 4.78 is 11.4. The molecule has 1 heterocycles. The van der Waals surface area contributed by atoms with Crippen molar-refractivity contribution in [3.05, 3.63) is 23.8 Å². The molecule has 1 aliphatic rings. The normalized spacial score (nSPS) is 19.6. The summed E-state index contributed by atoms with van der Waals surface area (Å²) in [6.45, 7) is 9.31. The highest BCUT2D eigenvalue weighted by Gasteiger charge is 2.23. The van der Waals surface area contributed by atoms with E-state index in [0.29, 0.717) is 36.2 Å². The highest BCUT2D eigenvalue weighted by molar-refractivity contribution is 5.95. The smallest absolute Gasteiger partial charge is 0.251 e. The Morgan fingerprint density at radius 1 is 1.28 bits per heavy atom. The van der Waals surface area contributed by atoms with E-state index in [1.54, 1.807) is 6.07 Å². The van der Waals surface area contributed by atoms with E-state index in [-0.39, 0.29) is 24.4 Å². The van der Waals surface area contributed by atoms with Crippen LogP contribution in [0.5, 0.6) is 11.5 Å². The third-order valence-electron chi connectivity index (χ3n) is 4.36. The van der Waals surface area contributed by atoms with Crippen LogP contribution < -0.4 is 20.1 Å². The SMILES string of the molecule is CCCCOc1ccc(C(=O)NC2CCNCC2C)cc1OCC.Cl. The first-order valence-corrected chi connectivity index (χ1v) is 9.06. The Morgan fingerprint density at radius 2 is 2.08 bits per heavy atom. The standard InChI is InChI=1S/C19H30N2O3.ClH/c1-4-6-11-24-17-8-7-15(12-18(17)23-5-2)19(22)21-16-9-10-20-13-14(16)3;/h7-8,12,14,16,20H,4-6,9-11,13H2,1-3H3,(H,21,22);1H. The molecule has 0 radical (unpaired) electrons. The van der Waals surface area contributed by atoms with E-state index in [2.05, 4.69) is 24.5 Å². The maximum atomic E-state index is 12.6. The molecule has 0 aromatic heterocycles. The average molecular weight is 371 g/mol. The lowest BCUT2D eigenvalue weighted by Gasteiger charge is -2.30. The van der Waals surface area contributed by atoms with E-state index in [1.165, 1.54) is 0 Å². The second-order valence-corrected chi connectivity index (χ2v) is 6.35. The zero-order chi connectivity index (χ0) is 17.4. The van der Waals surface area contributed by atoms with Crippen LogP contribution in [0.25, 0.3) is 0 Å². The predicted octanol–water partition coefficient (Wildman–Crippen LogP) is 3.41. The van der Waals surface area contributed by atoms with Gasteiger partial charge in [-0.05, 0) is 57.0 Å². The van der Waals surface area contributed by atoms with Crippen LogP contribution in [0.1, 0.15) is 50.4 Å². The fourth-order valence-corrected chi connectivity index (χ4v) is 2.84. The summed E-state index contributed by atoms with van der Waals surface area (Å²) in [4.78, 5) is 12.6. The first-order chi connectivity index (χ1) is 11.7. The van der Waals surface area contributed by atoms with Crippen LogP contribution in [-0.2, 0) is 0 Å². The summed E-state index contributed by atoms with van der Waals surface area (Å²) in [5, 5.41) is 6.50. The molecule has 1 saturated heterocycles. The Balaban J connectivity index is 0.00000312. The first-order valence-electron chi connectivity index (χ1n) is 9.06. The minimum Gasteiger partial charge on any atom is -0.490 e. The molecular weight excluding hydrogens is 340 g/mol. The number of carbonyl (C=O) groups excluding carboxylic acids is 1. The van der Waals surface area contributed by atoms with Gasteiger partial charge in [0.05, 0.1) is 13.2 Å². The van der Waals surface area contributed by atoms with E-state index >= 15 is 0 Å². The molecule has 2 atom stereocenters. The van der Waals surface area contributed by atoms with Gasteiger partial charge in [0.2, 0.25) is 0 Å². The molecule has 0 saturated carbocycles. The van der Waals surface area contributed by atoms with E-state index in [4.69, 9.17) is 9.47 Å². The highest BCUT2D eigenvalue weighted by atomic mass is 35.5. The fourth-order valence-electron chi connectivity index (χ4n) is 2.84. The summed E-state index contributed by atoms with van der Waals surface area (Å²) in [6, 6.07) is 5.65. The van der Waals surface area contributed by atoms with Crippen molar-refractivity contribution in [3.8, 4) is 11.5 Å². The number of amides is 1. The van der Waals surface area contributed by atoms with Crippen LogP contribution >= 0.6 is 12.4 Å². The molecule has 1 aromatic carbocycles. The number of piperidine rings is 1. The minimum atomic E-state index is -0.0465. The molecule has 2 N–H and O–H groups in total. The van der Waals surface area contributed by atoms with Gasteiger partial charge in [0.1, 0.15) is 0 Å². The molecule has 2 unspecified atom stereocenters. The number of halogens is 1. The zero-order valence-electron chi connectivity index (χ0n) is 15.5. The van der Waals surface area contributed by atoms with Crippen molar-refractivity contribution in [3.63, 3.8) is 0 Å². The maximum Gasteiger partial charge on any atom is 0.251 e. The van der Waals surface area contributed by atoms with Crippen molar-refractivity contribution in [2.45, 2.75) is 46.1 Å². The summed E-state index contributed by atoms with van der Waals surface area (Å²) >= 11 is 0. The molecule has 1 fully saturated rings. The van der Waals surface area contributed by atoms with E-state index < -0.39 is 0 Å². The lowest BCUT2D eigenvalue weighted by atomic mass is 9.95. The summed E-state index contributed by atoms with van der Waals surface area (Å²) in [6.07, 6.45) is 3.05. The molecule has 0 bridgehead atoms. The predicted molar refractivity (Wildman–Crippen MR) is 103 cm³/mol. The molecule has 6 heteroatoms. The number of hydrogen-bond donors (Lipinski definition) is 2. The second kappa shape index (κ2) is 11.2. The lowest BCUT2D eigenvalue weighted by Crippen LogP contribution is -2.48. The van der Waals surface area contributed by atoms with Gasteiger partial charge in [0.25, 0.3) is 5.91 Å². The number of nitrogens with one attached hydrogen (secondary N) is 2. The van der Waals surface area contributed by atoms with Gasteiger partial charge in [0, 0.05) is 11.6 Å². The molecule has 2 rings (SSSR count). The number of unbranched alkanes of at least 4 members (excludes halogenated alkanes) is 1. The number of carbonyl (C=O) groups is 1. The lowest BCUT2D eigenvalue weighted by molar-refractivity contribution is 0.0913. The molecule has 5 nitrogen and oxygen atoms in total. The van der Waals surface area contributed by atoms with Gasteiger partial charge in [-0.2, -0.15) is 0 Å². The second-order valence-electron chi connectivity index (χ2n) is 6.35. The van der Waals surface area contributed by atoms with Crippen molar-refractivity contribution in [1.29, 1.82) is 0 Å². The van der Waals surface area contributed by atoms with Crippen molar-refractivity contribution in [2.24, 2.45) is 5.92 Å². The van der Waals surface area contributed by atoms with Crippen molar-refractivity contribution < 1.29 is 14.3 Å². The van der Waals surface area contributed by atoms with Gasteiger partial charge >= 0.3 is 0 Å². The zero-order valence-corrected chi connectivity index (χ0v) is 16.3. The van der Waals surface area contributed by atoms with Crippen LogP contribution in [0.3, 0.4) is 0 Å². The number of benzene rings is 1. The average Bonchev–Trinajstić information content (AvgIpc) is 2.58. The van der Waals surface area contributed by atoms with Gasteiger partial charge in [-0.15, -0.1) is 12.4 Å². The summed E-state index contributed by atoms with van der Waals surface area (Å²) in [7, 11) is 0. The van der Waals surface area contributed by atoms with Crippen LogP contribution in [0.15, 0.2) is 18.2 Å². The van der Waals surface area contributed by atoms with Crippen molar-refractivity contribution >= 4 is 18.3 Å². The largest absolute Gasteiger partial charge is 0.490 e. The van der Waals surface area contributed by atoms with Gasteiger partial charge in [-0.3, -0.25) is 4.79 Å². The fraction of sp³-hybridized carbons (Fsp3) is 0.632. The molecule has 1 aromatic rings. The topological polar surface area (TPSA) is 59.6 Å². The molecule has 1 amide bonds. The van der Waals surface area contributed by atoms with Gasteiger partial charge < -0.3 is 20.1 Å². The molecule has 1 aliphatic heterocycles. The van der Waals surface area contributed by atoms with Crippen LogP contribution in [0.2, 0.25) is 0 Å². The third kappa shape index (κ3) is 6.40. The van der Waals surface area contributed by atoms with Gasteiger partial charge in [-0.1, -0.05) is 20.3 Å². The Bertz CT molecular complexity index is 539.